The number of nitrogens with zero attached hydrogens (tertiary/aromatic N) is 2. The third kappa shape index (κ3) is 6.30. The Labute approximate surface area is 214 Å². The number of hydrogen-bond acceptors (Lipinski definition) is 5. The first-order valence-electron chi connectivity index (χ1n) is 12.0. The predicted molar refractivity (Wildman–Crippen MR) is 148 cm³/mol. The summed E-state index contributed by atoms with van der Waals surface area (Å²) in [6.45, 7) is 14.2. The van der Waals surface area contributed by atoms with Crippen molar-refractivity contribution in [1.82, 2.24) is 14.4 Å². The number of benzene rings is 2. The third-order valence-electron chi connectivity index (χ3n) is 6.13. The monoisotopic (exact) mass is 505 g/mol. The highest BCUT2D eigenvalue weighted by Gasteiger charge is 2.23. The summed E-state index contributed by atoms with van der Waals surface area (Å²) in [5, 5.41) is 12.5. The molecule has 1 unspecified atom stereocenters. The molecule has 0 saturated carbocycles. The molecule has 4 rings (SSSR count). The summed E-state index contributed by atoms with van der Waals surface area (Å²) in [4.78, 5) is 0.157. The van der Waals surface area contributed by atoms with E-state index in [0.717, 1.165) is 42.6 Å². The maximum Gasteiger partial charge on any atom is 0.268 e. The highest BCUT2D eigenvalue weighted by molar-refractivity contribution is 7.90. The number of aromatic nitrogens is 1. The quantitative estimate of drug-likeness (QED) is 0.304. The number of aliphatic hydroxyl groups is 1. The normalized spacial score (nSPS) is 14.8. The number of allylic oxidation sites excluding steroid dienone is 2. The van der Waals surface area contributed by atoms with Crippen molar-refractivity contribution in [3.63, 3.8) is 0 Å². The molecule has 0 bridgehead atoms. The first kappa shape index (κ1) is 27.4. The Balaban J connectivity index is 0.000000840. The van der Waals surface area contributed by atoms with E-state index in [1.165, 1.54) is 22.5 Å². The minimum Gasteiger partial charge on any atom is -0.373 e. The molecule has 1 aliphatic heterocycles. The van der Waals surface area contributed by atoms with Crippen molar-refractivity contribution >= 4 is 16.1 Å². The lowest BCUT2D eigenvalue weighted by Crippen LogP contribution is -2.43. The molecular formula is C29H35N3O3S. The predicted octanol–water partition coefficient (Wildman–Crippen LogP) is 5.68. The number of rotatable bonds is 8. The highest BCUT2D eigenvalue weighted by atomic mass is 32.2. The maximum absolute atomic E-state index is 13.4. The van der Waals surface area contributed by atoms with Crippen molar-refractivity contribution in [2.45, 2.75) is 37.3 Å². The molecule has 6 nitrogen and oxygen atoms in total. The van der Waals surface area contributed by atoms with Gasteiger partial charge in [-0.05, 0) is 54.7 Å². The van der Waals surface area contributed by atoms with E-state index in [2.05, 4.69) is 25.2 Å². The summed E-state index contributed by atoms with van der Waals surface area (Å²) in [5.41, 5.74) is 6.90. The van der Waals surface area contributed by atoms with Crippen LogP contribution in [0.1, 0.15) is 42.3 Å². The minimum absolute atomic E-state index is 0.157. The Kier molecular flexibility index (Phi) is 9.61. The van der Waals surface area contributed by atoms with Gasteiger partial charge in [-0.15, -0.1) is 0 Å². The summed E-state index contributed by atoms with van der Waals surface area (Å²) in [5.74, 6) is 0. The smallest absolute Gasteiger partial charge is 0.268 e. The van der Waals surface area contributed by atoms with Gasteiger partial charge in [0.1, 0.15) is 6.23 Å². The number of hydrogen-bond donors (Lipinski definition) is 2. The summed E-state index contributed by atoms with van der Waals surface area (Å²) in [6.07, 6.45) is 9.02. The molecule has 2 N–H and O–H groups in total. The van der Waals surface area contributed by atoms with Crippen molar-refractivity contribution in [3.05, 3.63) is 110 Å². The average molecular weight is 506 g/mol. The minimum atomic E-state index is -3.83. The number of nitrogens with one attached hydrogen (secondary N) is 1. The Morgan fingerprint density at radius 1 is 0.944 bits per heavy atom. The molecule has 1 saturated heterocycles. The molecule has 1 atom stereocenters. The molecule has 1 aliphatic rings. The summed E-state index contributed by atoms with van der Waals surface area (Å²) < 4.78 is 28.2. The lowest BCUT2D eigenvalue weighted by atomic mass is 10.0. The van der Waals surface area contributed by atoms with E-state index in [9.17, 15) is 13.5 Å². The van der Waals surface area contributed by atoms with E-state index in [4.69, 9.17) is 0 Å². The standard InChI is InChI=1S/C25H29N3O3S.C4H6/c1-3-24-19(2)23(20-10-6-4-7-11-20)18-28(24)32(30,31)22-14-12-21(13-15-22)25(29)26-27-16-8-5-9-17-27;1-3-4-2/h3-4,6-7,10-15,18,25-26,29H,1,5,8-9,16-17H2,2H3;3-4H,1-2H2. The van der Waals surface area contributed by atoms with Gasteiger partial charge in [-0.25, -0.2) is 22.8 Å². The molecule has 36 heavy (non-hydrogen) atoms. The second-order valence-corrected chi connectivity index (χ2v) is 10.4. The van der Waals surface area contributed by atoms with Gasteiger partial charge in [-0.1, -0.05) is 80.8 Å². The van der Waals surface area contributed by atoms with Gasteiger partial charge < -0.3 is 5.11 Å². The topological polar surface area (TPSA) is 74.6 Å². The van der Waals surface area contributed by atoms with Gasteiger partial charge in [0, 0.05) is 24.8 Å². The summed E-state index contributed by atoms with van der Waals surface area (Å²) in [7, 11) is -3.83. The van der Waals surface area contributed by atoms with Crippen LogP contribution in [0.5, 0.6) is 0 Å². The highest BCUT2D eigenvalue weighted by Crippen LogP contribution is 2.31. The number of hydrazine groups is 1. The third-order valence-corrected chi connectivity index (χ3v) is 7.82. The fraction of sp³-hybridized carbons (Fsp3) is 0.241. The second-order valence-electron chi connectivity index (χ2n) is 8.54. The van der Waals surface area contributed by atoms with Gasteiger partial charge >= 0.3 is 0 Å². The molecule has 190 valence electrons. The van der Waals surface area contributed by atoms with Gasteiger partial charge in [0.2, 0.25) is 0 Å². The van der Waals surface area contributed by atoms with Crippen molar-refractivity contribution in [1.29, 1.82) is 0 Å². The lowest BCUT2D eigenvalue weighted by Gasteiger charge is -2.29. The zero-order chi connectivity index (χ0) is 26.1. The molecule has 2 aromatic carbocycles. The van der Waals surface area contributed by atoms with Crippen LogP contribution in [0.2, 0.25) is 0 Å². The Bertz CT molecular complexity index is 1270. The van der Waals surface area contributed by atoms with Crippen molar-refractivity contribution in [2.75, 3.05) is 13.1 Å². The molecule has 0 amide bonds. The van der Waals surface area contributed by atoms with Gasteiger partial charge in [-0.2, -0.15) is 0 Å². The molecule has 7 heteroatoms. The van der Waals surface area contributed by atoms with E-state index in [1.54, 1.807) is 36.6 Å². The van der Waals surface area contributed by atoms with Crippen molar-refractivity contribution in [2.24, 2.45) is 0 Å². The van der Waals surface area contributed by atoms with Crippen LogP contribution in [0, 0.1) is 6.92 Å². The molecule has 3 aromatic rings. The number of piperidine rings is 1. The van der Waals surface area contributed by atoms with E-state index >= 15 is 0 Å². The van der Waals surface area contributed by atoms with E-state index in [1.807, 2.05) is 42.3 Å². The van der Waals surface area contributed by atoms with Crippen LogP contribution in [0.3, 0.4) is 0 Å². The van der Waals surface area contributed by atoms with Gasteiger partial charge in [0.05, 0.1) is 10.6 Å². The molecule has 2 heterocycles. The second kappa shape index (κ2) is 12.6. The fourth-order valence-electron chi connectivity index (χ4n) is 4.14. The Morgan fingerprint density at radius 3 is 2.11 bits per heavy atom. The van der Waals surface area contributed by atoms with Crippen LogP contribution in [0.15, 0.2) is 97.6 Å². The molecule has 0 aliphatic carbocycles. The van der Waals surface area contributed by atoms with Gasteiger partial charge in [0.25, 0.3) is 10.0 Å². The maximum atomic E-state index is 13.4. The number of aliphatic hydroxyl groups excluding tert-OH is 1. The molecule has 0 spiro atoms. The zero-order valence-corrected chi connectivity index (χ0v) is 21.6. The Hall–Kier alpha value is -3.23. The first-order chi connectivity index (χ1) is 17.3. The molecule has 1 fully saturated rings. The zero-order valence-electron chi connectivity index (χ0n) is 20.8. The van der Waals surface area contributed by atoms with Crippen LogP contribution < -0.4 is 5.43 Å². The molecular weight excluding hydrogens is 470 g/mol. The van der Waals surface area contributed by atoms with Crippen LogP contribution in [0.25, 0.3) is 17.2 Å². The van der Waals surface area contributed by atoms with Crippen molar-refractivity contribution in [3.8, 4) is 11.1 Å². The first-order valence-corrected chi connectivity index (χ1v) is 13.5. The van der Waals surface area contributed by atoms with Crippen LogP contribution in [-0.4, -0.2) is 35.6 Å². The molecule has 1 aromatic heterocycles. The van der Waals surface area contributed by atoms with Gasteiger partial charge in [0.15, 0.2) is 0 Å². The van der Waals surface area contributed by atoms with Gasteiger partial charge in [-0.3, -0.25) is 0 Å². The largest absolute Gasteiger partial charge is 0.373 e. The average Bonchev–Trinajstić information content (AvgIpc) is 3.26. The fourth-order valence-corrected chi connectivity index (χ4v) is 5.57. The van der Waals surface area contributed by atoms with E-state index in [-0.39, 0.29) is 4.90 Å². The van der Waals surface area contributed by atoms with Crippen LogP contribution in [-0.2, 0) is 10.0 Å². The van der Waals surface area contributed by atoms with Crippen LogP contribution >= 0.6 is 0 Å². The van der Waals surface area contributed by atoms with E-state index < -0.39 is 16.3 Å². The van der Waals surface area contributed by atoms with E-state index in [0.29, 0.717) is 11.3 Å². The lowest BCUT2D eigenvalue weighted by molar-refractivity contribution is 0.0230. The van der Waals surface area contributed by atoms with Crippen LogP contribution in [0.4, 0.5) is 0 Å². The SMILES string of the molecule is C=CC=C.C=Cc1c(C)c(-c2ccccc2)cn1S(=O)(=O)c1ccc(C(O)NN2CCCCC2)cc1. The summed E-state index contributed by atoms with van der Waals surface area (Å²) in [6, 6.07) is 16.1. The Morgan fingerprint density at radius 2 is 1.56 bits per heavy atom. The van der Waals surface area contributed by atoms with Crippen molar-refractivity contribution < 1.29 is 13.5 Å². The summed E-state index contributed by atoms with van der Waals surface area (Å²) >= 11 is 0. The molecule has 0 radical (unpaired) electrons.